The molecule has 0 bridgehead atoms. The summed E-state index contributed by atoms with van der Waals surface area (Å²) < 4.78 is 59.6. The lowest BCUT2D eigenvalue weighted by atomic mass is 10.1. The Kier molecular flexibility index (Phi) is 4.46. The Bertz CT molecular complexity index is 618. The average molecular weight is 316 g/mol. The van der Waals surface area contributed by atoms with Crippen LogP contribution in [-0.2, 0) is 6.11 Å². The second kappa shape index (κ2) is 5.97. The minimum Gasteiger partial charge on any atom is -0.423 e. The fourth-order valence-corrected chi connectivity index (χ4v) is 2.13. The van der Waals surface area contributed by atoms with E-state index in [0.717, 1.165) is 41.6 Å². The minimum absolute atomic E-state index is 0.288. The SMILES string of the molecule is CSc1cc(F)c(OC(F)(F)c2ccc(C)cc2)c(F)c1. The van der Waals surface area contributed by atoms with Gasteiger partial charge in [0.05, 0.1) is 5.56 Å². The van der Waals surface area contributed by atoms with Crippen molar-refractivity contribution < 1.29 is 22.3 Å². The third kappa shape index (κ3) is 3.50. The Morgan fingerprint density at radius 3 is 2.00 bits per heavy atom. The minimum atomic E-state index is -3.82. The highest BCUT2D eigenvalue weighted by atomic mass is 32.2. The van der Waals surface area contributed by atoms with Crippen LogP contribution in [-0.4, -0.2) is 6.26 Å². The molecule has 0 amide bonds. The molecule has 0 aliphatic heterocycles. The molecule has 6 heteroatoms. The molecule has 21 heavy (non-hydrogen) atoms. The molecule has 0 aromatic heterocycles. The number of hydrogen-bond donors (Lipinski definition) is 0. The van der Waals surface area contributed by atoms with Crippen LogP contribution in [0.3, 0.4) is 0 Å². The van der Waals surface area contributed by atoms with Gasteiger partial charge >= 0.3 is 6.11 Å². The van der Waals surface area contributed by atoms with Gasteiger partial charge in [-0.05, 0) is 37.4 Å². The summed E-state index contributed by atoms with van der Waals surface area (Å²) in [6.07, 6.45) is -2.20. The summed E-state index contributed by atoms with van der Waals surface area (Å²) in [5.74, 6) is -3.41. The first kappa shape index (κ1) is 15.7. The van der Waals surface area contributed by atoms with E-state index in [2.05, 4.69) is 4.74 Å². The number of halogens is 4. The van der Waals surface area contributed by atoms with E-state index in [1.165, 1.54) is 12.1 Å². The molecule has 0 spiro atoms. The molecule has 0 atom stereocenters. The lowest BCUT2D eigenvalue weighted by Gasteiger charge is -2.19. The van der Waals surface area contributed by atoms with Crippen LogP contribution >= 0.6 is 11.8 Å². The molecule has 2 aromatic rings. The molecule has 2 rings (SSSR count). The van der Waals surface area contributed by atoms with Crippen LogP contribution in [0.1, 0.15) is 11.1 Å². The molecule has 0 radical (unpaired) electrons. The van der Waals surface area contributed by atoms with Crippen molar-refractivity contribution in [3.63, 3.8) is 0 Å². The fraction of sp³-hybridized carbons (Fsp3) is 0.200. The highest BCUT2D eigenvalue weighted by molar-refractivity contribution is 7.98. The number of thioether (sulfide) groups is 1. The topological polar surface area (TPSA) is 9.23 Å². The van der Waals surface area contributed by atoms with E-state index in [0.29, 0.717) is 0 Å². The van der Waals surface area contributed by atoms with Crippen LogP contribution in [0.4, 0.5) is 17.6 Å². The lowest BCUT2D eigenvalue weighted by Crippen LogP contribution is -2.23. The summed E-state index contributed by atoms with van der Waals surface area (Å²) in [5.41, 5.74) is 0.317. The molecule has 0 saturated heterocycles. The summed E-state index contributed by atoms with van der Waals surface area (Å²) in [4.78, 5) is 0.288. The van der Waals surface area contributed by atoms with Crippen LogP contribution in [0.15, 0.2) is 41.3 Å². The molecule has 112 valence electrons. The number of benzene rings is 2. The van der Waals surface area contributed by atoms with Crippen LogP contribution in [0, 0.1) is 18.6 Å². The van der Waals surface area contributed by atoms with Crippen LogP contribution < -0.4 is 4.74 Å². The van der Waals surface area contributed by atoms with Crippen molar-refractivity contribution in [1.82, 2.24) is 0 Å². The molecule has 0 saturated carbocycles. The Morgan fingerprint density at radius 1 is 1.00 bits per heavy atom. The number of hydrogen-bond acceptors (Lipinski definition) is 2. The smallest absolute Gasteiger partial charge is 0.423 e. The molecule has 0 aliphatic carbocycles. The maximum atomic E-state index is 14.0. The number of aryl methyl sites for hydroxylation is 1. The maximum absolute atomic E-state index is 14.0. The zero-order chi connectivity index (χ0) is 15.6. The lowest BCUT2D eigenvalue weighted by molar-refractivity contribution is -0.188. The fourth-order valence-electron chi connectivity index (χ4n) is 1.69. The Labute approximate surface area is 123 Å². The highest BCUT2D eigenvalue weighted by Gasteiger charge is 2.36. The van der Waals surface area contributed by atoms with Gasteiger partial charge in [-0.3, -0.25) is 0 Å². The van der Waals surface area contributed by atoms with Gasteiger partial charge in [-0.15, -0.1) is 11.8 Å². The second-order valence-corrected chi connectivity index (χ2v) is 5.28. The van der Waals surface area contributed by atoms with Crippen LogP contribution in [0.2, 0.25) is 0 Å². The third-order valence-corrected chi connectivity index (χ3v) is 3.53. The molecule has 0 N–H and O–H groups in total. The van der Waals surface area contributed by atoms with Crippen molar-refractivity contribution >= 4 is 11.8 Å². The van der Waals surface area contributed by atoms with Gasteiger partial charge in [-0.2, -0.15) is 8.78 Å². The van der Waals surface area contributed by atoms with Crippen molar-refractivity contribution in [1.29, 1.82) is 0 Å². The summed E-state index contributed by atoms with van der Waals surface area (Å²) >= 11 is 1.10. The molecule has 0 heterocycles. The van der Waals surface area contributed by atoms with E-state index >= 15 is 0 Å². The Morgan fingerprint density at radius 2 is 1.52 bits per heavy atom. The van der Waals surface area contributed by atoms with E-state index in [4.69, 9.17) is 0 Å². The van der Waals surface area contributed by atoms with Crippen molar-refractivity contribution in [3.05, 3.63) is 59.2 Å². The zero-order valence-corrected chi connectivity index (χ0v) is 12.1. The van der Waals surface area contributed by atoms with E-state index in [-0.39, 0.29) is 4.90 Å². The van der Waals surface area contributed by atoms with Gasteiger partial charge in [0.25, 0.3) is 0 Å². The van der Waals surface area contributed by atoms with E-state index < -0.39 is 29.1 Å². The standard InChI is InChI=1S/C15H12F4OS/c1-9-3-5-10(6-4-9)15(18,19)20-14-12(16)7-11(21-2)8-13(14)17/h3-8H,1-2H3. The molecule has 2 aromatic carbocycles. The van der Waals surface area contributed by atoms with Gasteiger partial charge in [-0.1, -0.05) is 17.7 Å². The van der Waals surface area contributed by atoms with E-state index in [9.17, 15) is 17.6 Å². The van der Waals surface area contributed by atoms with Crippen LogP contribution in [0.5, 0.6) is 5.75 Å². The first-order valence-corrected chi connectivity index (χ1v) is 7.23. The number of alkyl halides is 2. The van der Waals surface area contributed by atoms with Crippen molar-refractivity contribution in [2.45, 2.75) is 17.9 Å². The first-order valence-electron chi connectivity index (χ1n) is 6.00. The predicted octanol–water partition coefficient (Wildman–Crippen LogP) is 5.12. The summed E-state index contributed by atoms with van der Waals surface area (Å²) in [5, 5.41) is 0. The average Bonchev–Trinajstić information content (AvgIpc) is 2.43. The zero-order valence-electron chi connectivity index (χ0n) is 11.3. The molecule has 1 nitrogen and oxygen atoms in total. The summed E-state index contributed by atoms with van der Waals surface area (Å²) in [6, 6.07) is 7.15. The van der Waals surface area contributed by atoms with E-state index in [1.807, 2.05) is 0 Å². The molecule has 0 fully saturated rings. The highest BCUT2D eigenvalue weighted by Crippen LogP contribution is 2.35. The second-order valence-electron chi connectivity index (χ2n) is 4.41. The van der Waals surface area contributed by atoms with Crippen LogP contribution in [0.25, 0.3) is 0 Å². The molecule has 0 aliphatic rings. The molecular formula is C15H12F4OS. The number of rotatable bonds is 4. The quantitative estimate of drug-likeness (QED) is 0.572. The monoisotopic (exact) mass is 316 g/mol. The van der Waals surface area contributed by atoms with Crippen molar-refractivity contribution in [2.24, 2.45) is 0 Å². The largest absolute Gasteiger partial charge is 0.426 e. The Hall–Kier alpha value is -1.69. The predicted molar refractivity (Wildman–Crippen MR) is 73.8 cm³/mol. The van der Waals surface area contributed by atoms with Gasteiger partial charge in [0.1, 0.15) is 0 Å². The van der Waals surface area contributed by atoms with Crippen molar-refractivity contribution in [2.75, 3.05) is 6.26 Å². The normalized spacial score (nSPS) is 11.5. The summed E-state index contributed by atoms with van der Waals surface area (Å²) in [6.45, 7) is 1.74. The van der Waals surface area contributed by atoms with Gasteiger partial charge < -0.3 is 4.74 Å². The number of ether oxygens (including phenoxy) is 1. The van der Waals surface area contributed by atoms with Crippen molar-refractivity contribution in [3.8, 4) is 5.75 Å². The molecule has 0 unspecified atom stereocenters. The first-order chi connectivity index (χ1) is 9.83. The van der Waals surface area contributed by atoms with Gasteiger partial charge in [0.2, 0.25) is 0 Å². The van der Waals surface area contributed by atoms with Gasteiger partial charge in [-0.25, -0.2) is 8.78 Å². The van der Waals surface area contributed by atoms with E-state index in [1.54, 1.807) is 13.2 Å². The maximum Gasteiger partial charge on any atom is 0.426 e. The van der Waals surface area contributed by atoms with Gasteiger partial charge in [0.15, 0.2) is 17.4 Å². The molecular weight excluding hydrogens is 304 g/mol. The third-order valence-electron chi connectivity index (χ3n) is 2.83. The van der Waals surface area contributed by atoms with Gasteiger partial charge in [0, 0.05) is 4.90 Å². The Balaban J connectivity index is 2.34. The summed E-state index contributed by atoms with van der Waals surface area (Å²) in [7, 11) is 0.